The van der Waals surface area contributed by atoms with Crippen LogP contribution in [0.5, 0.6) is 0 Å². The van der Waals surface area contributed by atoms with Gasteiger partial charge >= 0.3 is 0 Å². The highest BCUT2D eigenvalue weighted by Crippen LogP contribution is 2.31. The molecule has 2 rings (SSSR count). The van der Waals surface area contributed by atoms with E-state index in [9.17, 15) is 4.79 Å². The molecule has 0 bridgehead atoms. The van der Waals surface area contributed by atoms with E-state index in [4.69, 9.17) is 11.6 Å². The predicted molar refractivity (Wildman–Crippen MR) is 71.7 cm³/mol. The molecule has 0 saturated carbocycles. The molecular weight excluding hydrogens is 236 g/mol. The number of piperidine rings is 1. The van der Waals surface area contributed by atoms with Crippen LogP contribution in [0.1, 0.15) is 19.8 Å². The van der Waals surface area contributed by atoms with Gasteiger partial charge in [0.15, 0.2) is 0 Å². The quantitative estimate of drug-likeness (QED) is 0.839. The third-order valence-corrected chi connectivity index (χ3v) is 3.47. The van der Waals surface area contributed by atoms with Crippen molar-refractivity contribution < 1.29 is 4.79 Å². The Morgan fingerprint density at radius 1 is 1.53 bits per heavy atom. The summed E-state index contributed by atoms with van der Waals surface area (Å²) in [7, 11) is 0. The van der Waals surface area contributed by atoms with Crippen molar-refractivity contribution in [3.8, 4) is 0 Å². The number of hydrogen-bond donors (Lipinski definition) is 1. The maximum atomic E-state index is 10.4. The maximum Gasteiger partial charge on any atom is 0.211 e. The van der Waals surface area contributed by atoms with E-state index in [2.05, 4.69) is 17.1 Å². The van der Waals surface area contributed by atoms with Gasteiger partial charge in [0.25, 0.3) is 0 Å². The number of carbonyl (C=O) groups is 1. The topological polar surface area (TPSA) is 32.3 Å². The zero-order chi connectivity index (χ0) is 12.3. The summed E-state index contributed by atoms with van der Waals surface area (Å²) in [6, 6.07) is 5.66. The summed E-state index contributed by atoms with van der Waals surface area (Å²) in [5, 5.41) is 3.30. The highest BCUT2D eigenvalue weighted by molar-refractivity contribution is 6.33. The second kappa shape index (κ2) is 5.41. The van der Waals surface area contributed by atoms with Crippen molar-refractivity contribution in [2.24, 2.45) is 5.92 Å². The minimum absolute atomic E-state index is 0.661. The van der Waals surface area contributed by atoms with Crippen molar-refractivity contribution in [3.05, 3.63) is 23.2 Å². The van der Waals surface area contributed by atoms with E-state index in [0.717, 1.165) is 24.5 Å². The van der Waals surface area contributed by atoms with Gasteiger partial charge in [0.2, 0.25) is 6.41 Å². The Bertz CT molecular complexity index is 408. The molecule has 0 aliphatic carbocycles. The first-order valence-electron chi connectivity index (χ1n) is 5.95. The predicted octanol–water partition coefficient (Wildman–Crippen LogP) is 3.14. The lowest BCUT2D eigenvalue weighted by Crippen LogP contribution is -2.34. The molecule has 1 unspecified atom stereocenters. The van der Waals surface area contributed by atoms with E-state index in [-0.39, 0.29) is 0 Å². The fourth-order valence-corrected chi connectivity index (χ4v) is 2.63. The first kappa shape index (κ1) is 12.2. The smallest absolute Gasteiger partial charge is 0.211 e. The molecule has 1 amide bonds. The van der Waals surface area contributed by atoms with E-state index >= 15 is 0 Å². The molecule has 17 heavy (non-hydrogen) atoms. The number of benzene rings is 1. The number of amides is 1. The highest BCUT2D eigenvalue weighted by atomic mass is 35.5. The van der Waals surface area contributed by atoms with Gasteiger partial charge in [-0.15, -0.1) is 0 Å². The molecule has 1 aliphatic heterocycles. The van der Waals surface area contributed by atoms with Gasteiger partial charge in [-0.25, -0.2) is 0 Å². The average molecular weight is 253 g/mol. The fraction of sp³-hybridized carbons (Fsp3) is 0.462. The zero-order valence-electron chi connectivity index (χ0n) is 9.95. The molecule has 1 aromatic carbocycles. The van der Waals surface area contributed by atoms with Crippen LogP contribution < -0.4 is 10.2 Å². The minimum atomic E-state index is 0.661. The molecule has 1 heterocycles. The SMILES string of the molecule is CC1CCCN(c2ccc(NC=O)cc2Cl)C1. The molecule has 1 fully saturated rings. The van der Waals surface area contributed by atoms with Crippen molar-refractivity contribution in [3.63, 3.8) is 0 Å². The lowest BCUT2D eigenvalue weighted by Gasteiger charge is -2.33. The maximum absolute atomic E-state index is 10.4. The molecule has 0 radical (unpaired) electrons. The van der Waals surface area contributed by atoms with Crippen LogP contribution in [0.15, 0.2) is 18.2 Å². The summed E-state index contributed by atoms with van der Waals surface area (Å²) in [5.74, 6) is 0.715. The molecule has 4 heteroatoms. The van der Waals surface area contributed by atoms with Crippen LogP contribution in [0.4, 0.5) is 11.4 Å². The molecular formula is C13H17ClN2O. The van der Waals surface area contributed by atoms with Gasteiger partial charge in [-0.3, -0.25) is 4.79 Å². The third kappa shape index (κ3) is 2.91. The summed E-state index contributed by atoms with van der Waals surface area (Å²) >= 11 is 6.25. The number of hydrogen-bond acceptors (Lipinski definition) is 2. The van der Waals surface area contributed by atoms with Crippen molar-refractivity contribution in [1.82, 2.24) is 0 Å². The first-order valence-corrected chi connectivity index (χ1v) is 6.33. The molecule has 92 valence electrons. The number of anilines is 2. The van der Waals surface area contributed by atoms with Crippen LogP contribution in [0, 0.1) is 5.92 Å². The largest absolute Gasteiger partial charge is 0.370 e. The lowest BCUT2D eigenvalue weighted by molar-refractivity contribution is -0.105. The summed E-state index contributed by atoms with van der Waals surface area (Å²) < 4.78 is 0. The number of halogens is 1. The van der Waals surface area contributed by atoms with Gasteiger partial charge < -0.3 is 10.2 Å². The summed E-state index contributed by atoms with van der Waals surface area (Å²) in [6.07, 6.45) is 3.17. The standard InChI is InChI=1S/C13H17ClN2O/c1-10-3-2-6-16(8-10)13-5-4-11(15-9-17)7-12(13)14/h4-5,7,9-10H,2-3,6,8H2,1H3,(H,15,17). The zero-order valence-corrected chi connectivity index (χ0v) is 10.7. The van der Waals surface area contributed by atoms with Crippen LogP contribution in [0.2, 0.25) is 5.02 Å². The van der Waals surface area contributed by atoms with E-state index in [1.807, 2.05) is 12.1 Å². The van der Waals surface area contributed by atoms with Gasteiger partial charge in [-0.05, 0) is 37.0 Å². The molecule has 3 nitrogen and oxygen atoms in total. The van der Waals surface area contributed by atoms with Crippen LogP contribution >= 0.6 is 11.6 Å². The van der Waals surface area contributed by atoms with Crippen molar-refractivity contribution in [2.45, 2.75) is 19.8 Å². The van der Waals surface area contributed by atoms with Crippen molar-refractivity contribution in [1.29, 1.82) is 0 Å². The molecule has 0 aromatic heterocycles. The Hall–Kier alpha value is -1.22. The van der Waals surface area contributed by atoms with E-state index in [0.29, 0.717) is 17.4 Å². The molecule has 0 spiro atoms. The Morgan fingerprint density at radius 2 is 2.35 bits per heavy atom. The summed E-state index contributed by atoms with van der Waals surface area (Å²) in [4.78, 5) is 12.7. The normalized spacial score (nSPS) is 20.1. The fourth-order valence-electron chi connectivity index (χ4n) is 2.33. The van der Waals surface area contributed by atoms with Crippen LogP contribution in [0.25, 0.3) is 0 Å². The molecule has 1 aromatic rings. The number of nitrogens with zero attached hydrogens (tertiary/aromatic N) is 1. The summed E-state index contributed by atoms with van der Waals surface area (Å²) in [6.45, 7) is 4.38. The van der Waals surface area contributed by atoms with Crippen molar-refractivity contribution in [2.75, 3.05) is 23.3 Å². The first-order chi connectivity index (χ1) is 8.20. The second-order valence-corrected chi connectivity index (χ2v) is 5.03. The number of rotatable bonds is 3. The van der Waals surface area contributed by atoms with Crippen LogP contribution in [0.3, 0.4) is 0 Å². The van der Waals surface area contributed by atoms with Gasteiger partial charge in [-0.1, -0.05) is 18.5 Å². The molecule has 1 saturated heterocycles. The monoisotopic (exact) mass is 252 g/mol. The van der Waals surface area contributed by atoms with Gasteiger partial charge in [0, 0.05) is 18.8 Å². The van der Waals surface area contributed by atoms with E-state index in [1.54, 1.807) is 6.07 Å². The van der Waals surface area contributed by atoms with Crippen LogP contribution in [-0.4, -0.2) is 19.5 Å². The Morgan fingerprint density at radius 3 is 3.00 bits per heavy atom. The second-order valence-electron chi connectivity index (χ2n) is 4.62. The molecule has 1 N–H and O–H groups in total. The van der Waals surface area contributed by atoms with Gasteiger partial charge in [-0.2, -0.15) is 0 Å². The van der Waals surface area contributed by atoms with Crippen molar-refractivity contribution >= 4 is 29.4 Å². The number of nitrogens with one attached hydrogen (secondary N) is 1. The minimum Gasteiger partial charge on any atom is -0.370 e. The molecule has 1 atom stereocenters. The van der Waals surface area contributed by atoms with E-state index in [1.165, 1.54) is 12.8 Å². The van der Waals surface area contributed by atoms with E-state index < -0.39 is 0 Å². The van der Waals surface area contributed by atoms with Gasteiger partial charge in [0.05, 0.1) is 10.7 Å². The third-order valence-electron chi connectivity index (χ3n) is 3.17. The average Bonchev–Trinajstić information content (AvgIpc) is 2.29. The lowest BCUT2D eigenvalue weighted by atomic mass is 10.00. The van der Waals surface area contributed by atoms with Gasteiger partial charge in [0.1, 0.15) is 0 Å². The Kier molecular flexibility index (Phi) is 3.89. The van der Waals surface area contributed by atoms with Crippen LogP contribution in [-0.2, 0) is 4.79 Å². The molecule has 1 aliphatic rings. The summed E-state index contributed by atoms with van der Waals surface area (Å²) in [5.41, 5.74) is 1.80. The Balaban J connectivity index is 2.17. The number of carbonyl (C=O) groups excluding carboxylic acids is 1. The highest BCUT2D eigenvalue weighted by Gasteiger charge is 2.18. The Labute approximate surface area is 107 Å².